The first-order valence-electron chi connectivity index (χ1n) is 16.3. The molecule has 0 aromatic heterocycles. The summed E-state index contributed by atoms with van der Waals surface area (Å²) in [5.74, 6) is 0. The molecule has 0 aliphatic carbocycles. The van der Waals surface area contributed by atoms with Crippen LogP contribution in [-0.2, 0) is 0 Å². The fourth-order valence-electron chi connectivity index (χ4n) is 5.52. The van der Waals surface area contributed by atoms with E-state index in [-0.39, 0.29) is 0 Å². The van der Waals surface area contributed by atoms with Crippen molar-refractivity contribution < 1.29 is 0 Å². The van der Waals surface area contributed by atoms with Crippen LogP contribution in [0, 0.1) is 0 Å². The van der Waals surface area contributed by atoms with Crippen LogP contribution in [0.15, 0.2) is 121 Å². The molecule has 48 heavy (non-hydrogen) atoms. The molecule has 0 aliphatic rings. The Balaban J connectivity index is 1.29. The molecule has 5 aromatic rings. The Morgan fingerprint density at radius 1 is 0.312 bits per heavy atom. The van der Waals surface area contributed by atoms with E-state index in [9.17, 15) is 0 Å². The van der Waals surface area contributed by atoms with Crippen LogP contribution >= 0.6 is 0 Å². The molecule has 0 aliphatic heterocycles. The maximum Gasteiger partial charge on any atom is 0.0368 e. The van der Waals surface area contributed by atoms with E-state index in [1.807, 2.05) is 84.9 Å². The van der Waals surface area contributed by atoms with Crippen LogP contribution in [0.4, 0.5) is 56.9 Å². The van der Waals surface area contributed by atoms with Crippen molar-refractivity contribution in [3.05, 3.63) is 121 Å². The van der Waals surface area contributed by atoms with Crippen LogP contribution in [0.1, 0.15) is 0 Å². The number of nitrogen functional groups attached to an aromatic ring is 5. The van der Waals surface area contributed by atoms with Gasteiger partial charge in [-0.3, -0.25) is 0 Å². The molecule has 5 aromatic carbocycles. The highest BCUT2D eigenvalue weighted by Crippen LogP contribution is 2.22. The van der Waals surface area contributed by atoms with Gasteiger partial charge in [0, 0.05) is 109 Å². The number of rotatable bonds is 17. The van der Waals surface area contributed by atoms with Crippen LogP contribution < -0.4 is 54.0 Å². The molecule has 0 heterocycles. The summed E-state index contributed by atoms with van der Waals surface area (Å²) >= 11 is 0. The molecule has 12 N–H and O–H groups in total. The van der Waals surface area contributed by atoms with E-state index in [0.717, 1.165) is 109 Å². The Morgan fingerprint density at radius 3 is 0.812 bits per heavy atom. The summed E-state index contributed by atoms with van der Waals surface area (Å²) in [6.45, 7) is 6.35. The molecule has 0 radical (unpaired) electrons. The lowest BCUT2D eigenvalue weighted by atomic mass is 10.2. The molecule has 0 saturated carbocycles. The molecule has 0 saturated heterocycles. The number of nitrogens with two attached hydrogens (primary N) is 5. The third-order valence-corrected chi connectivity index (χ3v) is 8.30. The Labute approximate surface area is 284 Å². The van der Waals surface area contributed by atoms with Gasteiger partial charge in [0.15, 0.2) is 0 Å². The van der Waals surface area contributed by atoms with E-state index in [0.29, 0.717) is 0 Å². The van der Waals surface area contributed by atoms with E-state index >= 15 is 0 Å². The highest BCUT2D eigenvalue weighted by atomic mass is 15.2. The maximum absolute atomic E-state index is 6.09. The van der Waals surface area contributed by atoms with Crippen molar-refractivity contribution in [1.82, 2.24) is 0 Å². The first-order valence-corrected chi connectivity index (χ1v) is 16.3. The number of hydrogen-bond donors (Lipinski definition) is 7. The number of hydrogen-bond acceptors (Lipinski definition) is 10. The third-order valence-electron chi connectivity index (χ3n) is 8.30. The van der Waals surface area contributed by atoms with Crippen LogP contribution in [-0.4, -0.2) is 52.4 Å². The van der Waals surface area contributed by atoms with Gasteiger partial charge in [0.05, 0.1) is 0 Å². The van der Waals surface area contributed by atoms with Crippen molar-refractivity contribution in [3.8, 4) is 0 Å². The van der Waals surface area contributed by atoms with Gasteiger partial charge in [0.1, 0.15) is 0 Å². The molecule has 0 amide bonds. The largest absolute Gasteiger partial charge is 0.399 e. The highest BCUT2D eigenvalue weighted by Gasteiger charge is 2.15. The van der Waals surface area contributed by atoms with E-state index in [4.69, 9.17) is 28.7 Å². The number of anilines is 10. The lowest BCUT2D eigenvalue weighted by Crippen LogP contribution is -2.42. The lowest BCUT2D eigenvalue weighted by molar-refractivity contribution is 0.703. The van der Waals surface area contributed by atoms with Crippen LogP contribution in [0.2, 0.25) is 0 Å². The molecule has 0 unspecified atom stereocenters. The average Bonchev–Trinajstić information content (AvgIpc) is 3.09. The topological polar surface area (TPSA) is 164 Å². The van der Waals surface area contributed by atoms with Gasteiger partial charge in [-0.25, -0.2) is 0 Å². The first-order chi connectivity index (χ1) is 23.3. The second-order valence-corrected chi connectivity index (χ2v) is 11.8. The van der Waals surface area contributed by atoms with E-state index in [1.54, 1.807) is 0 Å². The molecule has 0 bridgehead atoms. The zero-order valence-corrected chi connectivity index (χ0v) is 27.4. The maximum atomic E-state index is 6.09. The Hall–Kier alpha value is -5.90. The zero-order chi connectivity index (χ0) is 33.7. The summed E-state index contributed by atoms with van der Waals surface area (Å²) in [5, 5.41) is 7.06. The minimum Gasteiger partial charge on any atom is -0.399 e. The molecular weight excluding hydrogens is 596 g/mol. The molecule has 5 rings (SSSR count). The first kappa shape index (κ1) is 33.5. The van der Waals surface area contributed by atoms with Crippen molar-refractivity contribution in [1.29, 1.82) is 0 Å². The normalized spacial score (nSPS) is 10.8. The summed E-state index contributed by atoms with van der Waals surface area (Å²) in [7, 11) is 0. The van der Waals surface area contributed by atoms with Gasteiger partial charge < -0.3 is 54.0 Å². The average molecular weight is 645 g/mol. The summed E-state index contributed by atoms with van der Waals surface area (Å²) in [5.41, 5.74) is 39.1. The lowest BCUT2D eigenvalue weighted by Gasteiger charge is -2.33. The fraction of sp³-hybridized carbons (Fsp3) is 0.211. The van der Waals surface area contributed by atoms with Crippen molar-refractivity contribution in [2.24, 2.45) is 0 Å². The SMILES string of the molecule is Nc1ccc(NCCN(CCN(CCN(CCNc2ccc(N)cc2)c2ccc(N)cc2)c2ccc(N)cc2)c2ccc(N)cc2)cc1. The van der Waals surface area contributed by atoms with Crippen LogP contribution in [0.5, 0.6) is 0 Å². The third kappa shape index (κ3) is 10.1. The molecule has 250 valence electrons. The Bertz CT molecular complexity index is 1550. The Morgan fingerprint density at radius 2 is 0.542 bits per heavy atom. The Kier molecular flexibility index (Phi) is 11.6. The zero-order valence-electron chi connectivity index (χ0n) is 27.4. The van der Waals surface area contributed by atoms with Gasteiger partial charge in [-0.15, -0.1) is 0 Å². The second kappa shape index (κ2) is 16.6. The van der Waals surface area contributed by atoms with E-state index in [2.05, 4.69) is 61.7 Å². The van der Waals surface area contributed by atoms with Gasteiger partial charge in [0.2, 0.25) is 0 Å². The van der Waals surface area contributed by atoms with E-state index < -0.39 is 0 Å². The molecule has 10 nitrogen and oxygen atoms in total. The van der Waals surface area contributed by atoms with Crippen molar-refractivity contribution >= 4 is 56.9 Å². The fourth-order valence-corrected chi connectivity index (χ4v) is 5.52. The second-order valence-electron chi connectivity index (χ2n) is 11.8. The predicted octanol–water partition coefficient (Wildman–Crippen LogP) is 5.64. The van der Waals surface area contributed by atoms with Gasteiger partial charge >= 0.3 is 0 Å². The molecule has 0 atom stereocenters. The van der Waals surface area contributed by atoms with Gasteiger partial charge in [0.25, 0.3) is 0 Å². The number of benzene rings is 5. The summed E-state index contributed by atoms with van der Waals surface area (Å²) in [4.78, 5) is 7.21. The summed E-state index contributed by atoms with van der Waals surface area (Å²) in [6, 6.07) is 39.9. The van der Waals surface area contributed by atoms with Crippen LogP contribution in [0.25, 0.3) is 0 Å². The van der Waals surface area contributed by atoms with Crippen molar-refractivity contribution in [2.45, 2.75) is 0 Å². The van der Waals surface area contributed by atoms with Crippen LogP contribution in [0.3, 0.4) is 0 Å². The summed E-state index contributed by atoms with van der Waals surface area (Å²) < 4.78 is 0. The van der Waals surface area contributed by atoms with Gasteiger partial charge in [-0.2, -0.15) is 0 Å². The van der Waals surface area contributed by atoms with Gasteiger partial charge in [-0.05, 0) is 121 Å². The minimum absolute atomic E-state index is 0.744. The van der Waals surface area contributed by atoms with Gasteiger partial charge in [-0.1, -0.05) is 0 Å². The number of nitrogens with zero attached hydrogens (tertiary/aromatic N) is 3. The highest BCUT2D eigenvalue weighted by molar-refractivity contribution is 5.58. The molecule has 10 heteroatoms. The predicted molar refractivity (Wildman–Crippen MR) is 208 cm³/mol. The van der Waals surface area contributed by atoms with E-state index in [1.165, 1.54) is 0 Å². The molecular formula is C38H48N10. The smallest absolute Gasteiger partial charge is 0.0368 e. The minimum atomic E-state index is 0.744. The van der Waals surface area contributed by atoms with Crippen molar-refractivity contribution in [2.75, 3.05) is 106 Å². The molecule has 0 spiro atoms. The quantitative estimate of drug-likeness (QED) is 0.0630. The number of nitrogens with one attached hydrogen (secondary N) is 2. The summed E-state index contributed by atoms with van der Waals surface area (Å²) in [6.07, 6.45) is 0. The van der Waals surface area contributed by atoms with Crippen molar-refractivity contribution in [3.63, 3.8) is 0 Å². The monoisotopic (exact) mass is 644 g/mol. The standard InChI is InChI=1S/C38H48N10/c39-29-1-11-34(12-2-29)44-21-23-46(36-15-5-31(41)6-16-36)25-27-48(38-19-9-33(43)10-20-38)28-26-47(37-17-7-32(42)8-18-37)24-22-45-35-13-3-30(40)4-14-35/h1-20,44-45H,21-28,39-43H2. The molecule has 0 fully saturated rings.